The van der Waals surface area contributed by atoms with E-state index in [4.69, 9.17) is 9.84 Å². The van der Waals surface area contributed by atoms with Crippen LogP contribution in [0.3, 0.4) is 0 Å². The molecule has 0 saturated carbocycles. The predicted octanol–water partition coefficient (Wildman–Crippen LogP) is 9.24. The Hall–Kier alpha value is -2.28. The molecular formula is C48H91N3O9. The number of aliphatic hydroxyl groups is 3. The first-order valence-corrected chi connectivity index (χ1v) is 24.9. The second-order valence-corrected chi connectivity index (χ2v) is 17.6. The monoisotopic (exact) mass is 854 g/mol. The fourth-order valence-corrected chi connectivity index (χ4v) is 8.25. The zero-order valence-electron chi connectivity index (χ0n) is 38.3. The van der Waals surface area contributed by atoms with Crippen molar-refractivity contribution in [2.45, 2.75) is 263 Å². The number of carboxylic acid groups (broad SMARTS) is 1. The van der Waals surface area contributed by atoms with E-state index < -0.39 is 49.1 Å². The molecule has 1 fully saturated rings. The lowest BCUT2D eigenvalue weighted by Gasteiger charge is -2.47. The molecule has 0 radical (unpaired) electrons. The maximum Gasteiger partial charge on any atom is 0.303 e. The molecule has 1 rings (SSSR count). The Labute approximate surface area is 365 Å². The highest BCUT2D eigenvalue weighted by molar-refractivity contribution is 5.85. The van der Waals surface area contributed by atoms with Crippen molar-refractivity contribution in [2.24, 2.45) is 0 Å². The SMILES string of the molecule is CCCCCCCCCCCCCCCCCC(=O)N(CCCCCCCCCCCCCC)[C@@H]1O[C@H](CO)[C@@H](O)[C@H](O)[C@@H]1NC(=O)CNC(=O)CCCCCCC(=O)O. The standard InChI is InChI=1S/C48H91N3O9/c1-3-5-7-9-11-13-15-17-18-19-20-22-24-26-31-35-43(55)51(37-33-29-25-23-21-16-14-12-10-8-6-4-2)48-45(47(59)46(58)40(39-52)60-48)50-42(54)38-49-41(53)34-30-27-28-32-36-44(56)57/h40,45-48,52,58-59H,3-39H2,1-2H3,(H,49,53)(H,50,54)(H,56,57)/t40-,45+,46-,47-,48-/m1/s1. The number of carbonyl (C=O) groups excluding carboxylic acids is 3. The third-order valence-electron chi connectivity index (χ3n) is 12.1. The molecule has 1 saturated heterocycles. The lowest BCUT2D eigenvalue weighted by molar-refractivity contribution is -0.231. The Bertz CT molecular complexity index is 1080. The lowest BCUT2D eigenvalue weighted by atomic mass is 9.94. The molecular weight excluding hydrogens is 763 g/mol. The van der Waals surface area contributed by atoms with E-state index >= 15 is 0 Å². The quantitative estimate of drug-likeness (QED) is 0.0326. The highest BCUT2D eigenvalue weighted by Crippen LogP contribution is 2.26. The van der Waals surface area contributed by atoms with Crippen molar-refractivity contribution >= 4 is 23.7 Å². The van der Waals surface area contributed by atoms with Crippen LogP contribution in [-0.2, 0) is 23.9 Å². The van der Waals surface area contributed by atoms with E-state index in [0.717, 1.165) is 51.4 Å². The van der Waals surface area contributed by atoms with Gasteiger partial charge in [0.15, 0.2) is 6.23 Å². The molecule has 12 heteroatoms. The van der Waals surface area contributed by atoms with E-state index in [9.17, 15) is 34.5 Å². The van der Waals surface area contributed by atoms with Crippen molar-refractivity contribution in [2.75, 3.05) is 19.7 Å². The van der Waals surface area contributed by atoms with E-state index in [-0.39, 0.29) is 31.2 Å². The third kappa shape index (κ3) is 28.3. The molecule has 1 aliphatic heterocycles. The molecule has 0 spiro atoms. The minimum atomic E-state index is -1.52. The molecule has 6 N–H and O–H groups in total. The molecule has 12 nitrogen and oxygen atoms in total. The van der Waals surface area contributed by atoms with E-state index in [1.165, 1.54) is 122 Å². The van der Waals surface area contributed by atoms with Gasteiger partial charge in [-0.25, -0.2) is 0 Å². The van der Waals surface area contributed by atoms with E-state index in [1.807, 2.05) is 0 Å². The molecule has 0 aromatic rings. The molecule has 3 amide bonds. The highest BCUT2D eigenvalue weighted by atomic mass is 16.5. The Morgan fingerprint density at radius 3 is 1.35 bits per heavy atom. The van der Waals surface area contributed by atoms with Gasteiger partial charge in [0.05, 0.1) is 13.2 Å². The summed E-state index contributed by atoms with van der Waals surface area (Å²) >= 11 is 0. The number of amides is 3. The van der Waals surface area contributed by atoms with Crippen LogP contribution in [0.4, 0.5) is 0 Å². The maximum absolute atomic E-state index is 14.0. The first-order chi connectivity index (χ1) is 29.2. The molecule has 0 aliphatic carbocycles. The third-order valence-corrected chi connectivity index (χ3v) is 12.1. The van der Waals surface area contributed by atoms with E-state index in [1.54, 1.807) is 4.90 Å². The minimum absolute atomic E-state index is 0.0970. The van der Waals surface area contributed by atoms with E-state index in [0.29, 0.717) is 38.6 Å². The highest BCUT2D eigenvalue weighted by Gasteiger charge is 2.48. The number of carbonyl (C=O) groups is 4. The van der Waals surface area contributed by atoms with Crippen LogP contribution in [0.15, 0.2) is 0 Å². The summed E-state index contributed by atoms with van der Waals surface area (Å²) in [5.41, 5.74) is 0. The second-order valence-electron chi connectivity index (χ2n) is 17.6. The van der Waals surface area contributed by atoms with Crippen molar-refractivity contribution in [3.63, 3.8) is 0 Å². The summed E-state index contributed by atoms with van der Waals surface area (Å²) in [5, 5.41) is 46.2. The van der Waals surface area contributed by atoms with Crippen LogP contribution in [0, 0.1) is 0 Å². The van der Waals surface area contributed by atoms with Gasteiger partial charge in [-0.05, 0) is 25.7 Å². The summed E-state index contributed by atoms with van der Waals surface area (Å²) in [4.78, 5) is 51.9. The van der Waals surface area contributed by atoms with Gasteiger partial charge in [0.2, 0.25) is 17.7 Å². The fraction of sp³-hybridized carbons (Fsp3) is 0.917. The van der Waals surface area contributed by atoms with Crippen molar-refractivity contribution < 1.29 is 44.3 Å². The van der Waals surface area contributed by atoms with Crippen molar-refractivity contribution in [1.29, 1.82) is 0 Å². The number of nitrogens with one attached hydrogen (secondary N) is 2. The average Bonchev–Trinajstić information content (AvgIpc) is 3.23. The van der Waals surface area contributed by atoms with Gasteiger partial charge in [-0.15, -0.1) is 0 Å². The van der Waals surface area contributed by atoms with Gasteiger partial charge in [-0.1, -0.05) is 187 Å². The van der Waals surface area contributed by atoms with E-state index in [2.05, 4.69) is 24.5 Å². The number of aliphatic carboxylic acids is 1. The van der Waals surface area contributed by atoms with Gasteiger partial charge in [-0.2, -0.15) is 0 Å². The first-order valence-electron chi connectivity index (χ1n) is 24.9. The zero-order chi connectivity index (χ0) is 44.1. The number of hydrogen-bond acceptors (Lipinski definition) is 8. The molecule has 1 heterocycles. The Kier molecular flexibility index (Phi) is 35.7. The molecule has 0 unspecified atom stereocenters. The average molecular weight is 854 g/mol. The fourth-order valence-electron chi connectivity index (χ4n) is 8.25. The number of ether oxygens (including phenoxy) is 1. The van der Waals surface area contributed by atoms with Crippen LogP contribution >= 0.6 is 0 Å². The minimum Gasteiger partial charge on any atom is -0.481 e. The molecule has 0 bridgehead atoms. The summed E-state index contributed by atoms with van der Waals surface area (Å²) in [6.07, 6.45) is 30.3. The molecule has 352 valence electrons. The second kappa shape index (κ2) is 38.4. The van der Waals surface area contributed by atoms with Gasteiger partial charge >= 0.3 is 5.97 Å². The Morgan fingerprint density at radius 1 is 0.517 bits per heavy atom. The van der Waals surface area contributed by atoms with Gasteiger partial charge in [0.1, 0.15) is 24.4 Å². The number of rotatable bonds is 41. The summed E-state index contributed by atoms with van der Waals surface area (Å²) in [6.45, 7) is 3.92. The Balaban J connectivity index is 2.74. The number of unbranched alkanes of at least 4 members (excludes halogenated alkanes) is 28. The molecule has 60 heavy (non-hydrogen) atoms. The van der Waals surface area contributed by atoms with Crippen molar-refractivity contribution in [3.8, 4) is 0 Å². The molecule has 0 aromatic heterocycles. The largest absolute Gasteiger partial charge is 0.481 e. The molecule has 1 aliphatic rings. The summed E-state index contributed by atoms with van der Waals surface area (Å²) in [5.74, 6) is -1.91. The predicted molar refractivity (Wildman–Crippen MR) is 240 cm³/mol. The van der Waals surface area contributed by atoms with Gasteiger partial charge < -0.3 is 40.7 Å². The van der Waals surface area contributed by atoms with Crippen LogP contribution in [0.1, 0.15) is 232 Å². The van der Waals surface area contributed by atoms with Crippen LogP contribution in [0.5, 0.6) is 0 Å². The van der Waals surface area contributed by atoms with Gasteiger partial charge in [-0.3, -0.25) is 19.2 Å². The number of nitrogens with zero attached hydrogens (tertiary/aromatic N) is 1. The number of aliphatic hydroxyl groups excluding tert-OH is 3. The van der Waals surface area contributed by atoms with Crippen molar-refractivity contribution in [1.82, 2.24) is 15.5 Å². The van der Waals surface area contributed by atoms with Crippen LogP contribution in [-0.4, -0.2) is 99.3 Å². The smallest absolute Gasteiger partial charge is 0.303 e. The van der Waals surface area contributed by atoms with Gasteiger partial charge in [0, 0.05) is 25.8 Å². The lowest BCUT2D eigenvalue weighted by Crippen LogP contribution is -2.69. The summed E-state index contributed by atoms with van der Waals surface area (Å²) in [7, 11) is 0. The molecule has 5 atom stereocenters. The maximum atomic E-state index is 14.0. The summed E-state index contributed by atoms with van der Waals surface area (Å²) in [6, 6.07) is -1.18. The van der Waals surface area contributed by atoms with Gasteiger partial charge in [0.25, 0.3) is 0 Å². The topological polar surface area (TPSA) is 186 Å². The first kappa shape index (κ1) is 55.7. The number of hydrogen-bond donors (Lipinski definition) is 6. The molecule has 0 aromatic carbocycles. The zero-order valence-corrected chi connectivity index (χ0v) is 38.3. The van der Waals surface area contributed by atoms with Crippen molar-refractivity contribution in [3.05, 3.63) is 0 Å². The van der Waals surface area contributed by atoms with Crippen LogP contribution in [0.25, 0.3) is 0 Å². The normalized spacial score (nSPS) is 19.0. The Morgan fingerprint density at radius 2 is 0.917 bits per heavy atom. The van der Waals surface area contributed by atoms with Crippen LogP contribution < -0.4 is 10.6 Å². The summed E-state index contributed by atoms with van der Waals surface area (Å²) < 4.78 is 6.13. The number of carboxylic acids is 1. The van der Waals surface area contributed by atoms with Crippen LogP contribution in [0.2, 0.25) is 0 Å².